The van der Waals surface area contributed by atoms with Crippen molar-refractivity contribution in [3.63, 3.8) is 0 Å². The van der Waals surface area contributed by atoms with E-state index < -0.39 is 16.8 Å². The van der Waals surface area contributed by atoms with E-state index in [1.165, 1.54) is 7.11 Å². The minimum Gasteiger partial charge on any atom is -0.493 e. The number of methoxy groups -OCH3 is 1. The first-order chi connectivity index (χ1) is 8.51. The molecule has 0 aliphatic carbocycles. The standard InChI is InChI=1S/C12H12O5S/c1-6(11(13)14)3-7-4-8(16-2)10-9(5-7)18-12(15)17-10/h4-6H,3H2,1-2H3,(H,13,14). The highest BCUT2D eigenvalue weighted by Gasteiger charge is 2.15. The normalized spacial score (nSPS) is 12.6. The van der Waals surface area contributed by atoms with Crippen LogP contribution in [0.4, 0.5) is 0 Å². The van der Waals surface area contributed by atoms with Crippen LogP contribution in [0.25, 0.3) is 10.3 Å². The quantitative estimate of drug-likeness (QED) is 0.919. The van der Waals surface area contributed by atoms with Crippen LogP contribution in [0, 0.1) is 5.92 Å². The summed E-state index contributed by atoms with van der Waals surface area (Å²) in [4.78, 5) is 21.6. The molecular weight excluding hydrogens is 256 g/mol. The van der Waals surface area contributed by atoms with Gasteiger partial charge in [-0.15, -0.1) is 0 Å². The lowest BCUT2D eigenvalue weighted by molar-refractivity contribution is -0.141. The van der Waals surface area contributed by atoms with Crippen molar-refractivity contribution in [3.05, 3.63) is 27.4 Å². The van der Waals surface area contributed by atoms with Crippen molar-refractivity contribution in [1.29, 1.82) is 0 Å². The van der Waals surface area contributed by atoms with Crippen molar-refractivity contribution in [2.45, 2.75) is 13.3 Å². The van der Waals surface area contributed by atoms with Gasteiger partial charge in [-0.3, -0.25) is 4.79 Å². The summed E-state index contributed by atoms with van der Waals surface area (Å²) in [6, 6.07) is 3.48. The van der Waals surface area contributed by atoms with Gasteiger partial charge in [-0.05, 0) is 24.1 Å². The Balaban J connectivity index is 2.46. The molecule has 1 aromatic carbocycles. The molecule has 6 heteroatoms. The Labute approximate surface area is 107 Å². The molecule has 0 spiro atoms. The van der Waals surface area contributed by atoms with Gasteiger partial charge in [-0.1, -0.05) is 18.3 Å². The third-order valence-corrected chi connectivity index (χ3v) is 3.42. The van der Waals surface area contributed by atoms with Gasteiger partial charge >= 0.3 is 10.9 Å². The Hall–Kier alpha value is -1.82. The lowest BCUT2D eigenvalue weighted by atomic mass is 10.0. The summed E-state index contributed by atoms with van der Waals surface area (Å²) in [6.07, 6.45) is 0.383. The van der Waals surface area contributed by atoms with Crippen LogP contribution in [0.2, 0.25) is 0 Å². The maximum atomic E-state index is 11.2. The molecule has 0 radical (unpaired) electrons. The Morgan fingerprint density at radius 1 is 1.56 bits per heavy atom. The minimum absolute atomic E-state index is 0.383. The molecule has 1 atom stereocenters. The Kier molecular flexibility index (Phi) is 3.38. The Bertz CT molecular complexity index is 639. The first kappa shape index (κ1) is 12.6. The van der Waals surface area contributed by atoms with Gasteiger partial charge in [0.05, 0.1) is 17.7 Å². The van der Waals surface area contributed by atoms with Gasteiger partial charge in [-0.25, -0.2) is 4.79 Å². The molecule has 0 bridgehead atoms. The molecule has 0 fully saturated rings. The second-order valence-corrected chi connectivity index (χ2v) is 5.00. The van der Waals surface area contributed by atoms with E-state index in [1.54, 1.807) is 19.1 Å². The maximum absolute atomic E-state index is 11.2. The van der Waals surface area contributed by atoms with Gasteiger partial charge in [0.25, 0.3) is 0 Å². The van der Waals surface area contributed by atoms with Gasteiger partial charge in [0, 0.05) is 0 Å². The van der Waals surface area contributed by atoms with Crippen molar-refractivity contribution >= 4 is 27.6 Å². The maximum Gasteiger partial charge on any atom is 0.396 e. The zero-order valence-electron chi connectivity index (χ0n) is 9.93. The number of ether oxygens (including phenoxy) is 1. The van der Waals surface area contributed by atoms with Crippen LogP contribution in [0.15, 0.2) is 21.3 Å². The van der Waals surface area contributed by atoms with Gasteiger partial charge < -0.3 is 14.3 Å². The highest BCUT2D eigenvalue weighted by Crippen LogP contribution is 2.30. The molecule has 1 aromatic heterocycles. The zero-order valence-corrected chi connectivity index (χ0v) is 10.7. The molecule has 96 valence electrons. The SMILES string of the molecule is COc1cc(CC(C)C(=O)O)cc2sc(=O)oc12. The molecule has 0 aliphatic heterocycles. The predicted octanol–water partition coefficient (Wildman–Crippen LogP) is 2.13. The number of aliphatic carboxylic acids is 1. The average Bonchev–Trinajstić information content (AvgIpc) is 2.68. The fourth-order valence-electron chi connectivity index (χ4n) is 1.71. The minimum atomic E-state index is -0.852. The molecule has 1 heterocycles. The number of carboxylic acids is 1. The van der Waals surface area contributed by atoms with Crippen molar-refractivity contribution in [2.75, 3.05) is 7.11 Å². The molecule has 0 amide bonds. The fraction of sp³-hybridized carbons (Fsp3) is 0.333. The molecule has 2 aromatic rings. The molecular formula is C12H12O5S. The number of hydrogen-bond donors (Lipinski definition) is 1. The first-order valence-electron chi connectivity index (χ1n) is 5.34. The van der Waals surface area contributed by atoms with Crippen molar-refractivity contribution in [3.8, 4) is 5.75 Å². The van der Waals surface area contributed by atoms with Crippen LogP contribution >= 0.6 is 11.3 Å². The van der Waals surface area contributed by atoms with Crippen molar-refractivity contribution < 1.29 is 19.1 Å². The second-order valence-electron chi connectivity index (χ2n) is 4.02. The van der Waals surface area contributed by atoms with Gasteiger partial charge in [0.15, 0.2) is 11.3 Å². The number of fused-ring (bicyclic) bond motifs is 1. The number of benzene rings is 1. The van der Waals surface area contributed by atoms with E-state index in [0.717, 1.165) is 16.9 Å². The van der Waals surface area contributed by atoms with E-state index in [1.807, 2.05) is 0 Å². The van der Waals surface area contributed by atoms with Crippen LogP contribution in [-0.2, 0) is 11.2 Å². The van der Waals surface area contributed by atoms with Gasteiger partial charge in [0.1, 0.15) is 0 Å². The molecule has 18 heavy (non-hydrogen) atoms. The van der Waals surface area contributed by atoms with E-state index in [-0.39, 0.29) is 0 Å². The van der Waals surface area contributed by atoms with E-state index >= 15 is 0 Å². The predicted molar refractivity (Wildman–Crippen MR) is 67.4 cm³/mol. The molecule has 0 saturated heterocycles. The summed E-state index contributed by atoms with van der Waals surface area (Å²) >= 11 is 0.982. The molecule has 0 saturated carbocycles. The molecule has 0 aliphatic rings. The van der Waals surface area contributed by atoms with E-state index in [4.69, 9.17) is 14.3 Å². The summed E-state index contributed by atoms with van der Waals surface area (Å²) < 4.78 is 10.8. The molecule has 2 rings (SSSR count). The Morgan fingerprint density at radius 2 is 2.28 bits per heavy atom. The van der Waals surface area contributed by atoms with Crippen LogP contribution in [0.1, 0.15) is 12.5 Å². The van der Waals surface area contributed by atoms with Crippen LogP contribution < -0.4 is 9.68 Å². The monoisotopic (exact) mass is 268 g/mol. The first-order valence-corrected chi connectivity index (χ1v) is 6.16. The average molecular weight is 268 g/mol. The van der Waals surface area contributed by atoms with Crippen LogP contribution in [-0.4, -0.2) is 18.2 Å². The summed E-state index contributed by atoms with van der Waals surface area (Å²) in [5.41, 5.74) is 1.23. The molecule has 1 N–H and O–H groups in total. The summed E-state index contributed by atoms with van der Waals surface area (Å²) in [5, 5.41) is 8.89. The number of hydrogen-bond acceptors (Lipinski definition) is 5. The summed E-state index contributed by atoms with van der Waals surface area (Å²) in [6.45, 7) is 1.64. The molecule has 1 unspecified atom stereocenters. The summed E-state index contributed by atoms with van der Waals surface area (Å²) in [5.74, 6) is -0.885. The zero-order chi connectivity index (χ0) is 13.3. The smallest absolute Gasteiger partial charge is 0.396 e. The van der Waals surface area contributed by atoms with E-state index in [0.29, 0.717) is 22.5 Å². The highest BCUT2D eigenvalue weighted by molar-refractivity contribution is 7.16. The van der Waals surface area contributed by atoms with E-state index in [2.05, 4.69) is 0 Å². The van der Waals surface area contributed by atoms with Gasteiger partial charge in [-0.2, -0.15) is 0 Å². The third-order valence-electron chi connectivity index (χ3n) is 2.64. The topological polar surface area (TPSA) is 76.7 Å². The van der Waals surface area contributed by atoms with Crippen molar-refractivity contribution in [1.82, 2.24) is 0 Å². The number of carboxylic acid groups (broad SMARTS) is 1. The summed E-state index contributed by atoms with van der Waals surface area (Å²) in [7, 11) is 1.48. The number of rotatable bonds is 4. The molecule has 5 nitrogen and oxygen atoms in total. The lowest BCUT2D eigenvalue weighted by Crippen LogP contribution is -2.12. The fourth-order valence-corrected chi connectivity index (χ4v) is 2.46. The van der Waals surface area contributed by atoms with Crippen LogP contribution in [0.3, 0.4) is 0 Å². The van der Waals surface area contributed by atoms with E-state index in [9.17, 15) is 9.59 Å². The number of carbonyl (C=O) groups is 1. The third kappa shape index (κ3) is 2.38. The second kappa shape index (κ2) is 4.81. The van der Waals surface area contributed by atoms with Gasteiger partial charge in [0.2, 0.25) is 0 Å². The largest absolute Gasteiger partial charge is 0.493 e. The highest BCUT2D eigenvalue weighted by atomic mass is 32.1. The lowest BCUT2D eigenvalue weighted by Gasteiger charge is -2.08. The Morgan fingerprint density at radius 3 is 2.89 bits per heavy atom. The van der Waals surface area contributed by atoms with Crippen molar-refractivity contribution in [2.24, 2.45) is 5.92 Å². The van der Waals surface area contributed by atoms with Crippen LogP contribution in [0.5, 0.6) is 5.75 Å².